The predicted molar refractivity (Wildman–Crippen MR) is 96.9 cm³/mol. The van der Waals surface area contributed by atoms with Crippen molar-refractivity contribution in [2.45, 2.75) is 12.8 Å². The summed E-state index contributed by atoms with van der Waals surface area (Å²) in [7, 11) is 1.48. The summed E-state index contributed by atoms with van der Waals surface area (Å²) in [6.07, 6.45) is -3.82. The average Bonchev–Trinajstić information content (AvgIpc) is 3.12. The normalized spacial score (nSPS) is 10.6. The number of nitrogens with zero attached hydrogens (tertiary/aromatic N) is 1. The van der Waals surface area contributed by atoms with Crippen LogP contribution >= 0.6 is 0 Å². The highest BCUT2D eigenvalue weighted by molar-refractivity contribution is 6.01. The topological polar surface area (TPSA) is 147 Å². The van der Waals surface area contributed by atoms with Crippen LogP contribution in [0.5, 0.6) is 5.75 Å². The number of primary amides is 1. The number of hydrogen-bond donors (Lipinski definition) is 4. The van der Waals surface area contributed by atoms with E-state index in [0.717, 1.165) is 0 Å². The van der Waals surface area contributed by atoms with Crippen LogP contribution in [0.25, 0.3) is 10.9 Å². The van der Waals surface area contributed by atoms with Gasteiger partial charge in [-0.05, 0) is 18.2 Å². The first-order chi connectivity index (χ1) is 13.7. The molecular weight excluding hydrogens is 392 g/mol. The summed E-state index contributed by atoms with van der Waals surface area (Å²) in [4.78, 5) is 49.2. The number of ether oxygens (including phenoxy) is 1. The van der Waals surface area contributed by atoms with Crippen LogP contribution in [0.2, 0.25) is 0 Å². The summed E-state index contributed by atoms with van der Waals surface area (Å²) >= 11 is 0. The molecule has 2 aromatic rings. The minimum absolute atomic E-state index is 0.145. The van der Waals surface area contributed by atoms with E-state index in [2.05, 4.69) is 10.3 Å². The van der Waals surface area contributed by atoms with Crippen LogP contribution in [0.4, 0.5) is 8.78 Å². The number of benzene rings is 1. The standard InChI is InChI=1S/C17H19F2N5O5/c1-29-12-4-2-3-10-9(12)7-11(22-10)16(27)21-8-14(26)23-24(6-5-13(20)25)17(28)15(18)19/h2-4,7,15,22H,5-6,8H2,1H3,(H2,20,25)(H,21,27)(H,23,26). The van der Waals surface area contributed by atoms with Gasteiger partial charge in [-0.3, -0.25) is 24.6 Å². The molecule has 0 bridgehead atoms. The lowest BCUT2D eigenvalue weighted by Gasteiger charge is -2.22. The number of rotatable bonds is 8. The largest absolute Gasteiger partial charge is 0.496 e. The van der Waals surface area contributed by atoms with Crippen LogP contribution < -0.4 is 21.2 Å². The number of hydrogen-bond acceptors (Lipinski definition) is 5. The Labute approximate surface area is 163 Å². The lowest BCUT2D eigenvalue weighted by molar-refractivity contribution is -0.150. The van der Waals surface area contributed by atoms with E-state index in [4.69, 9.17) is 10.5 Å². The molecule has 0 aliphatic carbocycles. The van der Waals surface area contributed by atoms with Crippen LogP contribution in [-0.2, 0) is 14.4 Å². The van der Waals surface area contributed by atoms with Crippen molar-refractivity contribution in [1.29, 1.82) is 0 Å². The van der Waals surface area contributed by atoms with Crippen molar-refractivity contribution < 1.29 is 32.7 Å². The SMILES string of the molecule is COc1cccc2[nH]c(C(=O)NCC(=O)NN(CCC(N)=O)C(=O)C(F)F)cc12. The molecule has 0 radical (unpaired) electrons. The third-order valence-corrected chi connectivity index (χ3v) is 3.79. The second kappa shape index (κ2) is 9.48. The van der Waals surface area contributed by atoms with E-state index >= 15 is 0 Å². The van der Waals surface area contributed by atoms with Gasteiger partial charge in [-0.15, -0.1) is 0 Å². The van der Waals surface area contributed by atoms with E-state index in [9.17, 15) is 28.0 Å². The monoisotopic (exact) mass is 411 g/mol. The Hall–Kier alpha value is -3.70. The third-order valence-electron chi connectivity index (χ3n) is 3.79. The van der Waals surface area contributed by atoms with Crippen molar-refractivity contribution in [2.24, 2.45) is 5.73 Å². The van der Waals surface area contributed by atoms with E-state index in [0.29, 0.717) is 16.7 Å². The molecule has 1 aromatic carbocycles. The van der Waals surface area contributed by atoms with Gasteiger partial charge in [-0.25, -0.2) is 5.01 Å². The molecule has 2 rings (SSSR count). The first-order valence-electron chi connectivity index (χ1n) is 8.34. The van der Waals surface area contributed by atoms with Crippen molar-refractivity contribution in [3.05, 3.63) is 30.0 Å². The molecule has 0 aliphatic rings. The molecule has 0 aliphatic heterocycles. The van der Waals surface area contributed by atoms with Gasteiger partial charge >= 0.3 is 12.3 Å². The summed E-state index contributed by atoms with van der Waals surface area (Å²) in [6.45, 7) is -1.13. The number of carbonyl (C=O) groups excluding carboxylic acids is 4. The summed E-state index contributed by atoms with van der Waals surface area (Å²) < 4.78 is 30.4. The van der Waals surface area contributed by atoms with E-state index in [-0.39, 0.29) is 10.7 Å². The Morgan fingerprint density at radius 2 is 2.00 bits per heavy atom. The van der Waals surface area contributed by atoms with Gasteiger partial charge < -0.3 is 20.8 Å². The molecule has 0 saturated carbocycles. The molecule has 29 heavy (non-hydrogen) atoms. The fourth-order valence-corrected chi connectivity index (χ4v) is 2.43. The molecular formula is C17H19F2N5O5. The highest BCUT2D eigenvalue weighted by Crippen LogP contribution is 2.25. The molecule has 0 unspecified atom stereocenters. The molecule has 1 aromatic heterocycles. The van der Waals surface area contributed by atoms with Crippen LogP contribution in [0, 0.1) is 0 Å². The van der Waals surface area contributed by atoms with Gasteiger partial charge in [-0.1, -0.05) is 6.07 Å². The van der Waals surface area contributed by atoms with Gasteiger partial charge in [0, 0.05) is 17.3 Å². The maximum Gasteiger partial charge on any atom is 0.317 e. The van der Waals surface area contributed by atoms with Crippen molar-refractivity contribution in [1.82, 2.24) is 20.7 Å². The maximum absolute atomic E-state index is 12.6. The molecule has 12 heteroatoms. The zero-order chi connectivity index (χ0) is 21.6. The first-order valence-corrected chi connectivity index (χ1v) is 8.34. The molecule has 4 amide bonds. The lowest BCUT2D eigenvalue weighted by Crippen LogP contribution is -2.52. The molecule has 0 fully saturated rings. The number of aromatic amines is 1. The fraction of sp³-hybridized carbons (Fsp3) is 0.294. The summed E-state index contributed by atoms with van der Waals surface area (Å²) in [6, 6.07) is 6.70. The number of aromatic nitrogens is 1. The summed E-state index contributed by atoms with van der Waals surface area (Å²) in [5.74, 6) is -3.57. The number of nitrogens with one attached hydrogen (secondary N) is 3. The average molecular weight is 411 g/mol. The number of halogens is 2. The lowest BCUT2D eigenvalue weighted by atomic mass is 10.2. The Morgan fingerprint density at radius 3 is 2.62 bits per heavy atom. The van der Waals surface area contributed by atoms with Gasteiger partial charge in [-0.2, -0.15) is 8.78 Å². The third kappa shape index (κ3) is 5.64. The quantitative estimate of drug-likeness (QED) is 0.448. The molecule has 10 nitrogen and oxygen atoms in total. The van der Waals surface area contributed by atoms with Gasteiger partial charge in [0.15, 0.2) is 0 Å². The minimum atomic E-state index is -3.39. The van der Waals surface area contributed by atoms with Gasteiger partial charge in [0.25, 0.3) is 11.8 Å². The maximum atomic E-state index is 12.6. The van der Waals surface area contributed by atoms with Crippen LogP contribution in [0.1, 0.15) is 16.9 Å². The Kier molecular flexibility index (Phi) is 7.06. The second-order valence-electron chi connectivity index (χ2n) is 5.83. The number of carbonyl (C=O) groups is 4. The number of fused-ring (bicyclic) bond motifs is 1. The van der Waals surface area contributed by atoms with E-state index < -0.39 is 49.6 Å². The summed E-state index contributed by atoms with van der Waals surface area (Å²) in [5, 5.41) is 3.24. The second-order valence-corrected chi connectivity index (χ2v) is 5.83. The number of alkyl halides is 2. The van der Waals surface area contributed by atoms with Gasteiger partial charge in [0.1, 0.15) is 11.4 Å². The molecule has 1 heterocycles. The zero-order valence-corrected chi connectivity index (χ0v) is 15.3. The minimum Gasteiger partial charge on any atom is -0.496 e. The van der Waals surface area contributed by atoms with Gasteiger partial charge in [0.2, 0.25) is 5.91 Å². The van der Waals surface area contributed by atoms with Crippen LogP contribution in [0.15, 0.2) is 24.3 Å². The molecule has 156 valence electrons. The molecule has 0 saturated heterocycles. The number of methoxy groups -OCH3 is 1. The van der Waals surface area contributed by atoms with Gasteiger partial charge in [0.05, 0.1) is 20.2 Å². The van der Waals surface area contributed by atoms with Crippen molar-refractivity contribution in [3.63, 3.8) is 0 Å². The van der Waals surface area contributed by atoms with E-state index in [1.807, 2.05) is 5.43 Å². The number of amides is 4. The predicted octanol–water partition coefficient (Wildman–Crippen LogP) is -0.0934. The van der Waals surface area contributed by atoms with Crippen LogP contribution in [0.3, 0.4) is 0 Å². The van der Waals surface area contributed by atoms with Crippen molar-refractivity contribution in [2.75, 3.05) is 20.2 Å². The van der Waals surface area contributed by atoms with Crippen LogP contribution in [-0.4, -0.2) is 60.2 Å². The van der Waals surface area contributed by atoms with E-state index in [1.54, 1.807) is 18.2 Å². The highest BCUT2D eigenvalue weighted by Gasteiger charge is 2.25. The number of nitrogens with two attached hydrogens (primary N) is 1. The zero-order valence-electron chi connectivity index (χ0n) is 15.3. The molecule has 0 spiro atoms. The smallest absolute Gasteiger partial charge is 0.317 e. The Balaban J connectivity index is 1.98. The van der Waals surface area contributed by atoms with Crippen molar-refractivity contribution in [3.8, 4) is 5.75 Å². The highest BCUT2D eigenvalue weighted by atomic mass is 19.3. The Bertz CT molecular complexity index is 930. The summed E-state index contributed by atoms with van der Waals surface area (Å²) in [5.41, 5.74) is 7.62. The van der Waals surface area contributed by atoms with Crippen molar-refractivity contribution >= 4 is 34.5 Å². The molecule has 5 N–H and O–H groups in total. The molecule has 0 atom stereocenters. The first kappa shape index (κ1) is 21.6. The Morgan fingerprint density at radius 1 is 1.28 bits per heavy atom. The number of H-pyrrole nitrogens is 1. The fourth-order valence-electron chi connectivity index (χ4n) is 2.43. The van der Waals surface area contributed by atoms with E-state index in [1.165, 1.54) is 13.2 Å². The number of hydrazine groups is 1.